The average molecular weight is 255 g/mol. The van der Waals surface area contributed by atoms with Gasteiger partial charge in [-0.2, -0.15) is 13.2 Å². The molecule has 0 amide bonds. The molecule has 0 aromatic carbocycles. The summed E-state index contributed by atoms with van der Waals surface area (Å²) >= 11 is 0. The summed E-state index contributed by atoms with van der Waals surface area (Å²) in [5.41, 5.74) is 0. The molecule has 2 atom stereocenters. The van der Waals surface area contributed by atoms with E-state index in [4.69, 9.17) is 0 Å². The van der Waals surface area contributed by atoms with E-state index in [2.05, 4.69) is 30.8 Å². The smallest absolute Gasteiger partial charge is 0.372 e. The largest absolute Gasteiger partial charge is 0.411 e. The number of alkyl halides is 3. The zero-order valence-corrected chi connectivity index (χ0v) is 10.9. The molecule has 1 N–H and O–H groups in total. The average Bonchev–Trinajstić information content (AvgIpc) is 2.15. The van der Waals surface area contributed by atoms with Gasteiger partial charge in [-0.25, -0.2) is 0 Å². The molecule has 17 heavy (non-hydrogen) atoms. The molecule has 0 saturated heterocycles. The first kappa shape index (κ1) is 16.7. The van der Waals surface area contributed by atoms with Gasteiger partial charge < -0.3 is 10.1 Å². The number of ether oxygens (including phenoxy) is 1. The van der Waals surface area contributed by atoms with Gasteiger partial charge in [-0.15, -0.1) is 0 Å². The van der Waals surface area contributed by atoms with Crippen LogP contribution in [0.1, 0.15) is 40.0 Å². The van der Waals surface area contributed by atoms with Crippen molar-refractivity contribution >= 4 is 0 Å². The van der Waals surface area contributed by atoms with Crippen LogP contribution in [0, 0.1) is 5.92 Å². The van der Waals surface area contributed by atoms with Crippen LogP contribution in [-0.4, -0.2) is 32.0 Å². The number of nitrogens with one attached hydrogen (secondary N) is 1. The molecule has 0 bridgehead atoms. The second-order valence-corrected chi connectivity index (χ2v) is 4.61. The van der Waals surface area contributed by atoms with Crippen molar-refractivity contribution < 1.29 is 17.9 Å². The molecule has 0 rings (SSSR count). The van der Waals surface area contributed by atoms with Crippen LogP contribution >= 0.6 is 0 Å². The van der Waals surface area contributed by atoms with E-state index in [1.165, 1.54) is 0 Å². The lowest BCUT2D eigenvalue weighted by Gasteiger charge is -2.17. The van der Waals surface area contributed by atoms with Crippen molar-refractivity contribution in [3.63, 3.8) is 0 Å². The standard InChI is InChI=1S/C12H24F3NO/c1-4-16-11(3)8-10(2)6-5-7-17-9-12(13,14)15/h10-11,16H,4-9H2,1-3H3. The van der Waals surface area contributed by atoms with Gasteiger partial charge in [0.1, 0.15) is 6.61 Å². The normalized spacial score (nSPS) is 15.9. The van der Waals surface area contributed by atoms with E-state index in [0.717, 1.165) is 19.4 Å². The quantitative estimate of drug-likeness (QED) is 0.638. The van der Waals surface area contributed by atoms with Crippen LogP contribution in [0.4, 0.5) is 13.2 Å². The first-order valence-electron chi connectivity index (χ1n) is 6.23. The molecule has 0 aliphatic rings. The minimum absolute atomic E-state index is 0.194. The van der Waals surface area contributed by atoms with Crippen LogP contribution in [0.2, 0.25) is 0 Å². The summed E-state index contributed by atoms with van der Waals surface area (Å²) in [6.45, 7) is 6.32. The summed E-state index contributed by atoms with van der Waals surface area (Å²) in [5.74, 6) is 0.513. The zero-order valence-electron chi connectivity index (χ0n) is 10.9. The lowest BCUT2D eigenvalue weighted by atomic mass is 9.98. The Morgan fingerprint density at radius 3 is 2.41 bits per heavy atom. The van der Waals surface area contributed by atoms with Crippen molar-refractivity contribution in [3.05, 3.63) is 0 Å². The molecule has 0 spiro atoms. The predicted octanol–water partition coefficient (Wildman–Crippen LogP) is 3.37. The van der Waals surface area contributed by atoms with Gasteiger partial charge in [0.05, 0.1) is 0 Å². The van der Waals surface area contributed by atoms with Gasteiger partial charge in [0.15, 0.2) is 0 Å². The van der Waals surface area contributed by atoms with Crippen molar-refractivity contribution in [2.75, 3.05) is 19.8 Å². The number of halogens is 3. The van der Waals surface area contributed by atoms with Gasteiger partial charge in [0, 0.05) is 12.6 Å². The number of hydrogen-bond donors (Lipinski definition) is 1. The topological polar surface area (TPSA) is 21.3 Å². The van der Waals surface area contributed by atoms with Crippen LogP contribution in [0.15, 0.2) is 0 Å². The van der Waals surface area contributed by atoms with E-state index in [0.29, 0.717) is 18.4 Å². The van der Waals surface area contributed by atoms with Gasteiger partial charge in [-0.1, -0.05) is 13.8 Å². The molecule has 0 aliphatic heterocycles. The van der Waals surface area contributed by atoms with Crippen LogP contribution in [0.3, 0.4) is 0 Å². The third-order valence-electron chi connectivity index (χ3n) is 2.56. The molecule has 0 fully saturated rings. The van der Waals surface area contributed by atoms with Crippen molar-refractivity contribution in [2.45, 2.75) is 52.3 Å². The Morgan fingerprint density at radius 1 is 1.24 bits per heavy atom. The maximum atomic E-state index is 11.8. The van der Waals surface area contributed by atoms with Crippen molar-refractivity contribution in [1.29, 1.82) is 0 Å². The van der Waals surface area contributed by atoms with Gasteiger partial charge >= 0.3 is 6.18 Å². The van der Waals surface area contributed by atoms with Crippen LogP contribution in [0.25, 0.3) is 0 Å². The Bertz CT molecular complexity index is 185. The lowest BCUT2D eigenvalue weighted by molar-refractivity contribution is -0.174. The molecule has 104 valence electrons. The molecular weight excluding hydrogens is 231 g/mol. The summed E-state index contributed by atoms with van der Waals surface area (Å²) < 4.78 is 39.9. The maximum absolute atomic E-state index is 11.8. The highest BCUT2D eigenvalue weighted by Crippen LogP contribution is 2.16. The number of hydrogen-bond acceptors (Lipinski definition) is 2. The Hall–Kier alpha value is -0.290. The number of rotatable bonds is 9. The first-order valence-corrected chi connectivity index (χ1v) is 6.23. The van der Waals surface area contributed by atoms with Crippen LogP contribution in [0.5, 0.6) is 0 Å². The summed E-state index contributed by atoms with van der Waals surface area (Å²) in [4.78, 5) is 0. The molecule has 0 saturated carbocycles. The highest BCUT2D eigenvalue weighted by atomic mass is 19.4. The minimum Gasteiger partial charge on any atom is -0.372 e. The van der Waals surface area contributed by atoms with Gasteiger partial charge in [0.2, 0.25) is 0 Å². The fourth-order valence-electron chi connectivity index (χ4n) is 1.87. The minimum atomic E-state index is -4.20. The third-order valence-corrected chi connectivity index (χ3v) is 2.56. The molecule has 0 radical (unpaired) electrons. The van der Waals surface area contributed by atoms with E-state index in [9.17, 15) is 13.2 Å². The fraction of sp³-hybridized carbons (Fsp3) is 1.00. The molecule has 2 unspecified atom stereocenters. The van der Waals surface area contributed by atoms with E-state index in [1.54, 1.807) is 0 Å². The SMILES string of the molecule is CCNC(C)CC(C)CCCOCC(F)(F)F. The Morgan fingerprint density at radius 2 is 1.88 bits per heavy atom. The van der Waals surface area contributed by atoms with Gasteiger partial charge in [-0.05, 0) is 38.6 Å². The monoisotopic (exact) mass is 255 g/mol. The molecule has 5 heteroatoms. The molecule has 2 nitrogen and oxygen atoms in total. The summed E-state index contributed by atoms with van der Waals surface area (Å²) in [7, 11) is 0. The highest BCUT2D eigenvalue weighted by Gasteiger charge is 2.27. The molecular formula is C12H24F3NO. The maximum Gasteiger partial charge on any atom is 0.411 e. The van der Waals surface area contributed by atoms with E-state index in [-0.39, 0.29) is 6.61 Å². The summed E-state index contributed by atoms with van der Waals surface area (Å²) in [6.07, 6.45) is -1.55. The highest BCUT2D eigenvalue weighted by molar-refractivity contribution is 4.64. The first-order chi connectivity index (χ1) is 7.85. The van der Waals surface area contributed by atoms with Crippen molar-refractivity contribution in [3.8, 4) is 0 Å². The molecule has 0 heterocycles. The summed E-state index contributed by atoms with van der Waals surface area (Å²) in [5, 5.41) is 3.32. The third kappa shape index (κ3) is 12.0. The van der Waals surface area contributed by atoms with E-state index < -0.39 is 12.8 Å². The Balaban J connectivity index is 3.42. The van der Waals surface area contributed by atoms with E-state index >= 15 is 0 Å². The van der Waals surface area contributed by atoms with Gasteiger partial charge in [0.25, 0.3) is 0 Å². The van der Waals surface area contributed by atoms with Crippen molar-refractivity contribution in [1.82, 2.24) is 5.32 Å². The Kier molecular flexibility index (Phi) is 8.60. The molecule has 0 aromatic heterocycles. The Labute approximate surface area is 102 Å². The molecule has 0 aromatic rings. The second-order valence-electron chi connectivity index (χ2n) is 4.61. The fourth-order valence-corrected chi connectivity index (χ4v) is 1.87. The van der Waals surface area contributed by atoms with Crippen LogP contribution in [-0.2, 0) is 4.74 Å². The van der Waals surface area contributed by atoms with Gasteiger partial charge in [-0.3, -0.25) is 0 Å². The van der Waals surface area contributed by atoms with Crippen LogP contribution < -0.4 is 5.32 Å². The predicted molar refractivity (Wildman–Crippen MR) is 63.0 cm³/mol. The molecule has 0 aliphatic carbocycles. The van der Waals surface area contributed by atoms with E-state index in [1.807, 2.05) is 0 Å². The second kappa shape index (κ2) is 8.75. The zero-order chi connectivity index (χ0) is 13.3. The van der Waals surface area contributed by atoms with Crippen molar-refractivity contribution in [2.24, 2.45) is 5.92 Å². The lowest BCUT2D eigenvalue weighted by Crippen LogP contribution is -2.27. The summed E-state index contributed by atoms with van der Waals surface area (Å²) in [6, 6.07) is 0.464.